The molecule has 0 aliphatic carbocycles. The molecule has 0 aromatic heterocycles. The van der Waals surface area contributed by atoms with Gasteiger partial charge in [0.05, 0.1) is 5.56 Å². The fraction of sp³-hybridized carbons (Fsp3) is 0.385. The zero-order valence-corrected chi connectivity index (χ0v) is 11.6. The third-order valence-corrected chi connectivity index (χ3v) is 3.56. The van der Waals surface area contributed by atoms with E-state index in [4.69, 9.17) is 5.11 Å². The first-order valence-corrected chi connectivity index (χ1v) is 6.60. The number of hydrogen-bond acceptors (Lipinski definition) is 2. The van der Waals surface area contributed by atoms with Gasteiger partial charge in [-0.05, 0) is 30.5 Å². The molecule has 5 heteroatoms. The molecule has 1 heterocycles. The van der Waals surface area contributed by atoms with Gasteiger partial charge in [0.1, 0.15) is 0 Å². The van der Waals surface area contributed by atoms with Crippen LogP contribution in [0.25, 0.3) is 0 Å². The number of aromatic carboxylic acids is 1. The molecule has 1 atom stereocenters. The topological polar surface area (TPSA) is 57.6 Å². The van der Waals surface area contributed by atoms with Gasteiger partial charge in [0.25, 0.3) is 5.91 Å². The third kappa shape index (κ3) is 2.72. The first-order valence-electron chi connectivity index (χ1n) is 5.80. The molecular formula is C13H14BrNO3. The van der Waals surface area contributed by atoms with Crippen LogP contribution in [0.2, 0.25) is 0 Å². The molecule has 1 saturated heterocycles. The number of carboxylic acids is 1. The average molecular weight is 312 g/mol. The van der Waals surface area contributed by atoms with E-state index in [0.29, 0.717) is 16.0 Å². The predicted octanol–water partition coefficient (Wildman–Crippen LogP) is 2.63. The number of carbonyl (C=O) groups excluding carboxylic acids is 1. The molecule has 0 radical (unpaired) electrons. The second kappa shape index (κ2) is 5.10. The van der Waals surface area contributed by atoms with E-state index in [1.54, 1.807) is 11.0 Å². The predicted molar refractivity (Wildman–Crippen MR) is 70.8 cm³/mol. The van der Waals surface area contributed by atoms with Gasteiger partial charge in [-0.25, -0.2) is 4.79 Å². The van der Waals surface area contributed by atoms with Crippen molar-refractivity contribution < 1.29 is 14.7 Å². The summed E-state index contributed by atoms with van der Waals surface area (Å²) < 4.78 is 0.609. The summed E-state index contributed by atoms with van der Waals surface area (Å²) >= 11 is 3.24. The van der Waals surface area contributed by atoms with Gasteiger partial charge >= 0.3 is 5.97 Å². The van der Waals surface area contributed by atoms with Crippen molar-refractivity contribution in [1.82, 2.24) is 4.90 Å². The molecule has 2 rings (SSSR count). The van der Waals surface area contributed by atoms with Gasteiger partial charge in [-0.3, -0.25) is 4.79 Å². The van der Waals surface area contributed by atoms with Crippen LogP contribution < -0.4 is 0 Å². The zero-order chi connectivity index (χ0) is 13.3. The Labute approximate surface area is 114 Å². The van der Waals surface area contributed by atoms with Crippen molar-refractivity contribution in [1.29, 1.82) is 0 Å². The summed E-state index contributed by atoms with van der Waals surface area (Å²) in [5, 5.41) is 8.98. The van der Waals surface area contributed by atoms with Crippen LogP contribution in [0.1, 0.15) is 34.1 Å². The van der Waals surface area contributed by atoms with Gasteiger partial charge in [0.2, 0.25) is 0 Å². The summed E-state index contributed by atoms with van der Waals surface area (Å²) in [5.74, 6) is -0.608. The lowest BCUT2D eigenvalue weighted by atomic mass is 10.1. The Morgan fingerprint density at radius 1 is 1.33 bits per heavy atom. The highest BCUT2D eigenvalue weighted by molar-refractivity contribution is 9.10. The lowest BCUT2D eigenvalue weighted by molar-refractivity contribution is 0.0697. The summed E-state index contributed by atoms with van der Waals surface area (Å²) in [7, 11) is 0. The molecule has 4 nitrogen and oxygen atoms in total. The van der Waals surface area contributed by atoms with Crippen molar-refractivity contribution >= 4 is 27.8 Å². The fourth-order valence-corrected chi connectivity index (χ4v) is 2.63. The van der Waals surface area contributed by atoms with Crippen LogP contribution in [-0.2, 0) is 0 Å². The highest BCUT2D eigenvalue weighted by atomic mass is 79.9. The molecule has 0 saturated carbocycles. The number of rotatable bonds is 2. The van der Waals surface area contributed by atoms with E-state index in [-0.39, 0.29) is 11.5 Å². The van der Waals surface area contributed by atoms with Crippen LogP contribution >= 0.6 is 15.9 Å². The van der Waals surface area contributed by atoms with Crippen molar-refractivity contribution in [2.24, 2.45) is 5.92 Å². The molecule has 18 heavy (non-hydrogen) atoms. The van der Waals surface area contributed by atoms with Crippen LogP contribution in [0.15, 0.2) is 22.7 Å². The van der Waals surface area contributed by atoms with Crippen LogP contribution in [0.4, 0.5) is 0 Å². The normalized spacial score (nSPS) is 19.0. The number of amides is 1. The summed E-state index contributed by atoms with van der Waals surface area (Å²) in [5.41, 5.74) is 0.552. The maximum absolute atomic E-state index is 12.2. The smallest absolute Gasteiger partial charge is 0.335 e. The first kappa shape index (κ1) is 13.1. The monoisotopic (exact) mass is 311 g/mol. The maximum Gasteiger partial charge on any atom is 0.335 e. The van der Waals surface area contributed by atoms with E-state index in [2.05, 4.69) is 22.9 Å². The Bertz CT molecular complexity index is 501. The Morgan fingerprint density at radius 2 is 2.00 bits per heavy atom. The molecule has 1 aromatic rings. The number of carboxylic acid groups (broad SMARTS) is 1. The van der Waals surface area contributed by atoms with E-state index < -0.39 is 5.97 Å². The minimum Gasteiger partial charge on any atom is -0.478 e. The fourth-order valence-electron chi connectivity index (χ4n) is 2.14. The SMILES string of the molecule is CC1CCN(C(=O)c2cc(Br)cc(C(=O)O)c2)C1. The molecule has 1 aliphatic rings. The number of benzene rings is 1. The quantitative estimate of drug-likeness (QED) is 0.913. The molecule has 0 bridgehead atoms. The maximum atomic E-state index is 12.2. The summed E-state index contributed by atoms with van der Waals surface area (Å²) in [6.45, 7) is 3.60. The summed E-state index contributed by atoms with van der Waals surface area (Å²) in [6, 6.07) is 4.59. The third-order valence-electron chi connectivity index (χ3n) is 3.10. The number of likely N-dealkylation sites (tertiary alicyclic amines) is 1. The minimum atomic E-state index is -1.03. The largest absolute Gasteiger partial charge is 0.478 e. The van der Waals surface area contributed by atoms with Gasteiger partial charge in [0, 0.05) is 23.1 Å². The Kier molecular flexibility index (Phi) is 3.71. The van der Waals surface area contributed by atoms with Gasteiger partial charge < -0.3 is 10.0 Å². The van der Waals surface area contributed by atoms with Gasteiger partial charge in [-0.15, -0.1) is 0 Å². The van der Waals surface area contributed by atoms with Crippen LogP contribution in [-0.4, -0.2) is 35.0 Å². The molecule has 1 aromatic carbocycles. The van der Waals surface area contributed by atoms with Crippen molar-refractivity contribution in [3.05, 3.63) is 33.8 Å². The molecule has 1 aliphatic heterocycles. The van der Waals surface area contributed by atoms with Crippen molar-refractivity contribution in [3.63, 3.8) is 0 Å². The molecular weight excluding hydrogens is 298 g/mol. The molecule has 0 spiro atoms. The molecule has 1 unspecified atom stereocenters. The van der Waals surface area contributed by atoms with Crippen LogP contribution in [0.3, 0.4) is 0 Å². The first-order chi connectivity index (χ1) is 8.47. The standard InChI is InChI=1S/C13H14BrNO3/c1-8-2-3-15(7-8)12(16)9-4-10(13(17)18)6-11(14)5-9/h4-6,8H,2-3,7H2,1H3,(H,17,18). The molecule has 1 fully saturated rings. The van der Waals surface area contributed by atoms with Gasteiger partial charge in [-0.2, -0.15) is 0 Å². The molecule has 1 amide bonds. The number of carbonyl (C=O) groups is 2. The van der Waals surface area contributed by atoms with Crippen molar-refractivity contribution in [2.45, 2.75) is 13.3 Å². The highest BCUT2D eigenvalue weighted by Gasteiger charge is 2.24. The minimum absolute atomic E-state index is 0.0943. The Hall–Kier alpha value is -1.36. The lowest BCUT2D eigenvalue weighted by Crippen LogP contribution is -2.28. The zero-order valence-electron chi connectivity index (χ0n) is 10.0. The van der Waals surface area contributed by atoms with Crippen molar-refractivity contribution in [3.8, 4) is 0 Å². The summed E-state index contributed by atoms with van der Waals surface area (Å²) in [6.07, 6.45) is 1.01. The van der Waals surface area contributed by atoms with E-state index in [1.807, 2.05) is 0 Å². The lowest BCUT2D eigenvalue weighted by Gasteiger charge is -2.16. The molecule has 1 N–H and O–H groups in total. The van der Waals surface area contributed by atoms with Gasteiger partial charge in [-0.1, -0.05) is 22.9 Å². The Morgan fingerprint density at radius 3 is 2.56 bits per heavy atom. The molecule has 96 valence electrons. The average Bonchev–Trinajstić information content (AvgIpc) is 2.74. The van der Waals surface area contributed by atoms with E-state index in [0.717, 1.165) is 19.5 Å². The van der Waals surface area contributed by atoms with Gasteiger partial charge in [0.15, 0.2) is 0 Å². The van der Waals surface area contributed by atoms with Crippen molar-refractivity contribution in [2.75, 3.05) is 13.1 Å². The highest BCUT2D eigenvalue weighted by Crippen LogP contribution is 2.21. The van der Waals surface area contributed by atoms with Crippen LogP contribution in [0.5, 0.6) is 0 Å². The number of halogens is 1. The summed E-state index contributed by atoms with van der Waals surface area (Å²) in [4.78, 5) is 25.0. The number of nitrogens with zero attached hydrogens (tertiary/aromatic N) is 1. The van der Waals surface area contributed by atoms with E-state index in [9.17, 15) is 9.59 Å². The Balaban J connectivity index is 2.27. The van der Waals surface area contributed by atoms with Crippen LogP contribution in [0, 0.1) is 5.92 Å². The number of hydrogen-bond donors (Lipinski definition) is 1. The van der Waals surface area contributed by atoms with E-state index in [1.165, 1.54) is 12.1 Å². The second-order valence-electron chi connectivity index (χ2n) is 4.68. The van der Waals surface area contributed by atoms with E-state index >= 15 is 0 Å². The second-order valence-corrected chi connectivity index (χ2v) is 5.59.